The molecule has 5 nitrogen and oxygen atoms in total. The van der Waals surface area contributed by atoms with Crippen LogP contribution in [-0.4, -0.2) is 43.9 Å². The zero-order valence-electron chi connectivity index (χ0n) is 14.3. The number of benzene rings is 1. The minimum absolute atomic E-state index is 0.443. The molecular weight excluding hydrogens is 300 g/mol. The summed E-state index contributed by atoms with van der Waals surface area (Å²) >= 11 is 0. The number of rotatable bonds is 3. The average molecular weight is 324 g/mol. The molecule has 1 aliphatic heterocycles. The Labute approximate surface area is 143 Å². The lowest BCUT2D eigenvalue weighted by Crippen LogP contribution is -2.34. The van der Waals surface area contributed by atoms with E-state index in [0.717, 1.165) is 37.4 Å². The van der Waals surface area contributed by atoms with E-state index in [9.17, 15) is 5.11 Å². The van der Waals surface area contributed by atoms with Crippen molar-refractivity contribution in [3.8, 4) is 11.8 Å². The minimum Gasteiger partial charge on any atom is -0.378 e. The number of hydrogen-bond donors (Lipinski definition) is 2. The van der Waals surface area contributed by atoms with Crippen molar-refractivity contribution in [2.75, 3.05) is 13.1 Å². The number of likely N-dealkylation sites (tertiary alicyclic amines) is 1. The van der Waals surface area contributed by atoms with E-state index in [4.69, 9.17) is 0 Å². The minimum atomic E-state index is -0.956. The highest BCUT2D eigenvalue weighted by molar-refractivity contribution is 5.37. The Kier molecular flexibility index (Phi) is 4.98. The molecule has 0 radical (unpaired) electrons. The third kappa shape index (κ3) is 4.67. The largest absolute Gasteiger partial charge is 0.378 e. The number of aromatic nitrogens is 3. The summed E-state index contributed by atoms with van der Waals surface area (Å²) in [6.45, 7) is 6.44. The Hall–Kier alpha value is -2.16. The number of aliphatic hydroxyl groups is 1. The van der Waals surface area contributed by atoms with E-state index < -0.39 is 5.60 Å². The van der Waals surface area contributed by atoms with Gasteiger partial charge in [-0.15, -0.1) is 0 Å². The second kappa shape index (κ2) is 7.16. The maximum absolute atomic E-state index is 9.66. The summed E-state index contributed by atoms with van der Waals surface area (Å²) in [6, 6.07) is 8.27. The van der Waals surface area contributed by atoms with Crippen LogP contribution in [0.3, 0.4) is 0 Å². The van der Waals surface area contributed by atoms with Crippen LogP contribution in [0.25, 0.3) is 0 Å². The van der Waals surface area contributed by atoms with Gasteiger partial charge in [-0.3, -0.25) is 10.00 Å². The standard InChI is InChI=1S/C19H24N4O/c1-19(2,24)10-9-15-5-7-16(8-6-15)12-23-11-3-4-17(13-23)18-20-14-21-22-18/h5-8,14,17,24H,3-4,11-13H2,1-2H3,(H,20,21,22)/t17-/m0/s1. The van der Waals surface area contributed by atoms with Gasteiger partial charge in [0.05, 0.1) is 0 Å². The van der Waals surface area contributed by atoms with E-state index >= 15 is 0 Å². The molecular formula is C19H24N4O. The fraction of sp³-hybridized carbons (Fsp3) is 0.474. The van der Waals surface area contributed by atoms with Crippen LogP contribution < -0.4 is 0 Å². The maximum Gasteiger partial charge on any atom is 0.137 e. The van der Waals surface area contributed by atoms with Crippen LogP contribution in [0.1, 0.15) is 49.6 Å². The van der Waals surface area contributed by atoms with Crippen molar-refractivity contribution < 1.29 is 5.11 Å². The molecule has 1 fully saturated rings. The molecule has 0 amide bonds. The normalized spacial score (nSPS) is 18.9. The summed E-state index contributed by atoms with van der Waals surface area (Å²) in [5.74, 6) is 7.29. The first kappa shape index (κ1) is 16.7. The maximum atomic E-state index is 9.66. The lowest BCUT2D eigenvalue weighted by Gasteiger charge is -2.31. The number of piperidine rings is 1. The van der Waals surface area contributed by atoms with Gasteiger partial charge >= 0.3 is 0 Å². The molecule has 1 atom stereocenters. The first-order valence-electron chi connectivity index (χ1n) is 8.42. The molecule has 24 heavy (non-hydrogen) atoms. The summed E-state index contributed by atoms with van der Waals surface area (Å²) in [5, 5.41) is 16.6. The molecule has 0 bridgehead atoms. The van der Waals surface area contributed by atoms with E-state index in [-0.39, 0.29) is 0 Å². The van der Waals surface area contributed by atoms with E-state index in [1.54, 1.807) is 20.2 Å². The molecule has 5 heteroatoms. The number of nitrogens with zero attached hydrogens (tertiary/aromatic N) is 3. The van der Waals surface area contributed by atoms with E-state index in [1.165, 1.54) is 12.0 Å². The second-order valence-electron chi connectivity index (χ2n) is 6.95. The highest BCUT2D eigenvalue weighted by Gasteiger charge is 2.23. The van der Waals surface area contributed by atoms with Gasteiger partial charge in [0.2, 0.25) is 0 Å². The number of hydrogen-bond acceptors (Lipinski definition) is 4. The van der Waals surface area contributed by atoms with Crippen molar-refractivity contribution in [1.29, 1.82) is 0 Å². The van der Waals surface area contributed by atoms with Gasteiger partial charge in [0.15, 0.2) is 0 Å². The van der Waals surface area contributed by atoms with Gasteiger partial charge in [0, 0.05) is 24.6 Å². The molecule has 0 aliphatic carbocycles. The Morgan fingerprint density at radius 2 is 2.12 bits per heavy atom. The van der Waals surface area contributed by atoms with Gasteiger partial charge in [-0.05, 0) is 50.9 Å². The lowest BCUT2D eigenvalue weighted by molar-refractivity contribution is 0.143. The van der Waals surface area contributed by atoms with Crippen LogP contribution in [0.5, 0.6) is 0 Å². The van der Waals surface area contributed by atoms with Gasteiger partial charge < -0.3 is 5.11 Å². The van der Waals surface area contributed by atoms with Gasteiger partial charge in [0.1, 0.15) is 17.8 Å². The molecule has 1 aromatic heterocycles. The smallest absolute Gasteiger partial charge is 0.137 e. The molecule has 3 rings (SSSR count). The zero-order valence-corrected chi connectivity index (χ0v) is 14.3. The fourth-order valence-electron chi connectivity index (χ4n) is 3.01. The number of H-pyrrole nitrogens is 1. The number of aromatic amines is 1. The molecule has 1 aliphatic rings. The predicted octanol–water partition coefficient (Wildman–Crippen LogP) is 2.31. The van der Waals surface area contributed by atoms with Crippen molar-refractivity contribution >= 4 is 0 Å². The number of nitrogens with one attached hydrogen (secondary N) is 1. The zero-order chi connectivity index (χ0) is 17.0. The van der Waals surface area contributed by atoms with Crippen LogP contribution in [-0.2, 0) is 6.54 Å². The molecule has 1 saturated heterocycles. The molecule has 0 spiro atoms. The van der Waals surface area contributed by atoms with Crippen molar-refractivity contribution in [1.82, 2.24) is 20.1 Å². The third-order valence-electron chi connectivity index (χ3n) is 4.20. The molecule has 2 N–H and O–H groups in total. The molecule has 0 unspecified atom stereocenters. The first-order chi connectivity index (χ1) is 11.5. The van der Waals surface area contributed by atoms with Crippen molar-refractivity contribution in [3.05, 3.63) is 47.5 Å². The average Bonchev–Trinajstić information content (AvgIpc) is 3.08. The van der Waals surface area contributed by atoms with Gasteiger partial charge in [-0.25, -0.2) is 4.98 Å². The Bertz CT molecular complexity index is 705. The lowest BCUT2D eigenvalue weighted by atomic mass is 9.97. The Morgan fingerprint density at radius 3 is 2.79 bits per heavy atom. The van der Waals surface area contributed by atoms with Gasteiger partial charge in [-0.1, -0.05) is 24.0 Å². The van der Waals surface area contributed by atoms with Crippen LogP contribution in [0.2, 0.25) is 0 Å². The summed E-state index contributed by atoms with van der Waals surface area (Å²) in [4.78, 5) is 6.77. The molecule has 2 aromatic rings. The van der Waals surface area contributed by atoms with Crippen LogP contribution in [0.15, 0.2) is 30.6 Å². The highest BCUT2D eigenvalue weighted by atomic mass is 16.3. The second-order valence-corrected chi connectivity index (χ2v) is 6.95. The van der Waals surface area contributed by atoms with Gasteiger partial charge in [-0.2, -0.15) is 5.10 Å². The molecule has 0 saturated carbocycles. The quantitative estimate of drug-likeness (QED) is 0.851. The molecule has 2 heterocycles. The molecule has 1 aromatic carbocycles. The highest BCUT2D eigenvalue weighted by Crippen LogP contribution is 2.25. The van der Waals surface area contributed by atoms with E-state index in [0.29, 0.717) is 5.92 Å². The summed E-state index contributed by atoms with van der Waals surface area (Å²) in [6.07, 6.45) is 3.93. The van der Waals surface area contributed by atoms with Crippen LogP contribution >= 0.6 is 0 Å². The summed E-state index contributed by atoms with van der Waals surface area (Å²) in [7, 11) is 0. The first-order valence-corrected chi connectivity index (χ1v) is 8.42. The predicted molar refractivity (Wildman–Crippen MR) is 93.3 cm³/mol. The third-order valence-corrected chi connectivity index (χ3v) is 4.20. The van der Waals surface area contributed by atoms with Crippen molar-refractivity contribution in [3.63, 3.8) is 0 Å². The van der Waals surface area contributed by atoms with Gasteiger partial charge in [0.25, 0.3) is 0 Å². The fourth-order valence-corrected chi connectivity index (χ4v) is 3.01. The summed E-state index contributed by atoms with van der Waals surface area (Å²) < 4.78 is 0. The monoisotopic (exact) mass is 324 g/mol. The Morgan fingerprint density at radius 1 is 1.33 bits per heavy atom. The topological polar surface area (TPSA) is 65.0 Å². The SMILES string of the molecule is CC(C)(O)C#Cc1ccc(CN2CCC[C@H](c3ncn[nH]3)C2)cc1. The van der Waals surface area contributed by atoms with E-state index in [1.807, 2.05) is 12.1 Å². The van der Waals surface area contributed by atoms with Crippen LogP contribution in [0, 0.1) is 11.8 Å². The van der Waals surface area contributed by atoms with Crippen molar-refractivity contribution in [2.24, 2.45) is 0 Å². The van der Waals surface area contributed by atoms with Crippen LogP contribution in [0.4, 0.5) is 0 Å². The summed E-state index contributed by atoms with van der Waals surface area (Å²) in [5.41, 5.74) is 1.25. The van der Waals surface area contributed by atoms with Crippen molar-refractivity contribution in [2.45, 2.75) is 44.8 Å². The van der Waals surface area contributed by atoms with E-state index in [2.05, 4.69) is 44.1 Å². The molecule has 126 valence electrons. The Balaban J connectivity index is 1.60.